The molecule has 1 fully saturated rings. The molecular formula is C17H19BrN2O4. The lowest BCUT2D eigenvalue weighted by Crippen LogP contribution is -2.36. The van der Waals surface area contributed by atoms with Crippen LogP contribution in [-0.2, 0) is 4.74 Å². The van der Waals surface area contributed by atoms with Gasteiger partial charge in [-0.1, -0.05) is 12.1 Å². The minimum Gasteiger partial charge on any atom is -0.444 e. The van der Waals surface area contributed by atoms with Gasteiger partial charge in [-0.15, -0.1) is 0 Å². The molecule has 3 rings (SSSR count). The third kappa shape index (κ3) is 4.17. The molecule has 1 atom stereocenters. The first-order valence-corrected chi connectivity index (χ1v) is 8.57. The molecule has 1 unspecified atom stereocenters. The number of hydrogen-bond acceptors (Lipinski definition) is 5. The van der Waals surface area contributed by atoms with E-state index in [0.717, 1.165) is 37.6 Å². The number of aliphatic hydroxyl groups excluding tert-OH is 1. The second-order valence-electron chi connectivity index (χ2n) is 5.52. The molecule has 1 saturated heterocycles. The Kier molecular flexibility index (Phi) is 5.55. The molecule has 1 aliphatic rings. The summed E-state index contributed by atoms with van der Waals surface area (Å²) in [4.78, 5) is 14.1. The summed E-state index contributed by atoms with van der Waals surface area (Å²) in [5.74, 6) is -0.151. The molecule has 1 aromatic carbocycles. The number of morpholine rings is 1. The zero-order valence-electron chi connectivity index (χ0n) is 13.1. The Morgan fingerprint density at radius 1 is 1.21 bits per heavy atom. The van der Waals surface area contributed by atoms with E-state index in [1.54, 1.807) is 12.1 Å². The maximum absolute atomic E-state index is 11.9. The van der Waals surface area contributed by atoms with Crippen LogP contribution in [0.1, 0.15) is 22.2 Å². The van der Waals surface area contributed by atoms with Crippen LogP contribution in [0.5, 0.6) is 0 Å². The fourth-order valence-electron chi connectivity index (χ4n) is 2.56. The zero-order valence-corrected chi connectivity index (χ0v) is 14.7. The monoisotopic (exact) mass is 394 g/mol. The van der Waals surface area contributed by atoms with Crippen molar-refractivity contribution in [2.45, 2.75) is 6.10 Å². The highest BCUT2D eigenvalue weighted by atomic mass is 79.9. The summed E-state index contributed by atoms with van der Waals surface area (Å²) in [7, 11) is 0. The van der Waals surface area contributed by atoms with Crippen LogP contribution in [0.4, 0.5) is 5.69 Å². The summed E-state index contributed by atoms with van der Waals surface area (Å²) in [5, 5.41) is 12.9. The second kappa shape index (κ2) is 7.83. The number of carbonyl (C=O) groups excluding carboxylic acids is 1. The summed E-state index contributed by atoms with van der Waals surface area (Å²) >= 11 is 3.15. The van der Waals surface area contributed by atoms with Gasteiger partial charge in [0.2, 0.25) is 0 Å². The van der Waals surface area contributed by atoms with Gasteiger partial charge in [0.25, 0.3) is 5.91 Å². The predicted octanol–water partition coefficient (Wildman–Crippen LogP) is 2.34. The van der Waals surface area contributed by atoms with E-state index >= 15 is 0 Å². The summed E-state index contributed by atoms with van der Waals surface area (Å²) in [6, 6.07) is 10.9. The number of benzene rings is 1. The number of furan rings is 1. The second-order valence-corrected chi connectivity index (χ2v) is 6.30. The highest BCUT2D eigenvalue weighted by Crippen LogP contribution is 2.20. The van der Waals surface area contributed by atoms with Crippen molar-refractivity contribution in [2.24, 2.45) is 0 Å². The smallest absolute Gasteiger partial charge is 0.287 e. The molecule has 6 nitrogen and oxygen atoms in total. The average molecular weight is 395 g/mol. The van der Waals surface area contributed by atoms with Gasteiger partial charge in [0.1, 0.15) is 0 Å². The molecule has 0 radical (unpaired) electrons. The lowest BCUT2D eigenvalue weighted by atomic mass is 10.1. The Labute approximate surface area is 148 Å². The third-order valence-electron chi connectivity index (χ3n) is 3.91. The van der Waals surface area contributed by atoms with Crippen LogP contribution in [0.25, 0.3) is 0 Å². The molecule has 2 N–H and O–H groups in total. The Balaban J connectivity index is 1.54. The highest BCUT2D eigenvalue weighted by molar-refractivity contribution is 9.10. The van der Waals surface area contributed by atoms with Crippen molar-refractivity contribution in [1.82, 2.24) is 5.32 Å². The first-order chi connectivity index (χ1) is 11.6. The number of aliphatic hydroxyl groups is 1. The van der Waals surface area contributed by atoms with Gasteiger partial charge in [0.05, 0.1) is 19.3 Å². The number of ether oxygens (including phenoxy) is 1. The van der Waals surface area contributed by atoms with Gasteiger partial charge in [-0.25, -0.2) is 0 Å². The van der Waals surface area contributed by atoms with Crippen molar-refractivity contribution < 1.29 is 19.1 Å². The van der Waals surface area contributed by atoms with E-state index in [9.17, 15) is 9.90 Å². The normalized spacial score (nSPS) is 16.0. The maximum atomic E-state index is 11.9. The quantitative estimate of drug-likeness (QED) is 0.813. The Bertz CT molecular complexity index is 680. The average Bonchev–Trinajstić information content (AvgIpc) is 3.07. The van der Waals surface area contributed by atoms with Gasteiger partial charge >= 0.3 is 0 Å². The molecule has 0 spiro atoms. The lowest BCUT2D eigenvalue weighted by molar-refractivity contribution is 0.0888. The first kappa shape index (κ1) is 17.0. The number of nitrogens with one attached hydrogen (secondary N) is 1. The molecule has 0 saturated carbocycles. The van der Waals surface area contributed by atoms with Gasteiger partial charge < -0.3 is 24.5 Å². The topological polar surface area (TPSA) is 74.9 Å². The largest absolute Gasteiger partial charge is 0.444 e. The molecule has 24 heavy (non-hydrogen) atoms. The van der Waals surface area contributed by atoms with E-state index in [0.29, 0.717) is 4.67 Å². The molecule has 1 amide bonds. The van der Waals surface area contributed by atoms with Crippen LogP contribution in [0.3, 0.4) is 0 Å². The number of carbonyl (C=O) groups is 1. The summed E-state index contributed by atoms with van der Waals surface area (Å²) in [6.45, 7) is 3.33. The Morgan fingerprint density at radius 3 is 2.54 bits per heavy atom. The number of nitrogens with zero attached hydrogens (tertiary/aromatic N) is 1. The van der Waals surface area contributed by atoms with Gasteiger partial charge in [-0.05, 0) is 45.8 Å². The van der Waals surface area contributed by atoms with E-state index in [2.05, 4.69) is 26.1 Å². The minimum absolute atomic E-state index is 0.119. The predicted molar refractivity (Wildman–Crippen MR) is 93.2 cm³/mol. The molecule has 1 aromatic heterocycles. The molecule has 0 aliphatic carbocycles. The van der Waals surface area contributed by atoms with Crippen molar-refractivity contribution in [2.75, 3.05) is 37.7 Å². The Morgan fingerprint density at radius 2 is 1.92 bits per heavy atom. The van der Waals surface area contributed by atoms with E-state index in [-0.39, 0.29) is 18.2 Å². The number of hydrogen-bond donors (Lipinski definition) is 2. The molecule has 7 heteroatoms. The molecule has 2 aromatic rings. The van der Waals surface area contributed by atoms with Crippen molar-refractivity contribution in [1.29, 1.82) is 0 Å². The molecule has 128 valence electrons. The van der Waals surface area contributed by atoms with E-state index < -0.39 is 6.10 Å². The van der Waals surface area contributed by atoms with Crippen LogP contribution in [0.2, 0.25) is 0 Å². The van der Waals surface area contributed by atoms with Crippen molar-refractivity contribution in [3.8, 4) is 0 Å². The Hall–Kier alpha value is -1.83. The van der Waals surface area contributed by atoms with Crippen LogP contribution in [0, 0.1) is 0 Å². The third-order valence-corrected chi connectivity index (χ3v) is 4.33. The van der Waals surface area contributed by atoms with E-state index in [1.165, 1.54) is 0 Å². The molecule has 2 heterocycles. The van der Waals surface area contributed by atoms with Crippen molar-refractivity contribution >= 4 is 27.5 Å². The first-order valence-electron chi connectivity index (χ1n) is 7.78. The van der Waals surface area contributed by atoms with Crippen molar-refractivity contribution in [3.05, 3.63) is 52.4 Å². The minimum atomic E-state index is -0.772. The highest BCUT2D eigenvalue weighted by Gasteiger charge is 2.15. The molecule has 1 aliphatic heterocycles. The van der Waals surface area contributed by atoms with Crippen molar-refractivity contribution in [3.63, 3.8) is 0 Å². The number of rotatable bonds is 5. The van der Waals surface area contributed by atoms with Crippen LogP contribution < -0.4 is 10.2 Å². The van der Waals surface area contributed by atoms with E-state index in [1.807, 2.05) is 24.3 Å². The summed E-state index contributed by atoms with van der Waals surface area (Å²) in [5.41, 5.74) is 1.87. The van der Waals surface area contributed by atoms with Crippen LogP contribution in [-0.4, -0.2) is 43.9 Å². The molecule has 0 bridgehead atoms. The van der Waals surface area contributed by atoms with Crippen LogP contribution >= 0.6 is 15.9 Å². The number of amides is 1. The van der Waals surface area contributed by atoms with Gasteiger partial charge in [0, 0.05) is 25.3 Å². The number of anilines is 1. The fourth-order valence-corrected chi connectivity index (χ4v) is 2.87. The summed E-state index contributed by atoms with van der Waals surface area (Å²) in [6.07, 6.45) is -0.772. The van der Waals surface area contributed by atoms with E-state index in [4.69, 9.17) is 9.15 Å². The molecular weight excluding hydrogens is 376 g/mol. The number of halogens is 1. The standard InChI is InChI=1S/C17H19BrN2O4/c18-16-6-5-15(24-16)17(22)19-11-14(21)12-1-3-13(4-2-12)20-7-9-23-10-8-20/h1-6,14,21H,7-11H2,(H,19,22). The van der Waals surface area contributed by atoms with Gasteiger partial charge in [-0.2, -0.15) is 0 Å². The fraction of sp³-hybridized carbons (Fsp3) is 0.353. The van der Waals surface area contributed by atoms with Gasteiger partial charge in [-0.3, -0.25) is 4.79 Å². The van der Waals surface area contributed by atoms with Gasteiger partial charge in [0.15, 0.2) is 10.4 Å². The SMILES string of the molecule is O=C(NCC(O)c1ccc(N2CCOCC2)cc1)c1ccc(Br)o1. The zero-order chi connectivity index (χ0) is 16.9. The lowest BCUT2D eigenvalue weighted by Gasteiger charge is -2.29. The maximum Gasteiger partial charge on any atom is 0.287 e. The summed E-state index contributed by atoms with van der Waals surface area (Å²) < 4.78 is 11.0. The van der Waals surface area contributed by atoms with Crippen LogP contribution in [0.15, 0.2) is 45.5 Å².